The van der Waals surface area contributed by atoms with Gasteiger partial charge in [0.05, 0.1) is 31.1 Å². The normalized spacial score (nSPS) is 18.2. The first-order valence-electron chi connectivity index (χ1n) is 10.3. The van der Waals surface area contributed by atoms with Gasteiger partial charge in [0.1, 0.15) is 17.0 Å². The van der Waals surface area contributed by atoms with E-state index in [1.807, 2.05) is 0 Å². The van der Waals surface area contributed by atoms with Gasteiger partial charge in [-0.15, -0.1) is 0 Å². The van der Waals surface area contributed by atoms with Gasteiger partial charge in [-0.1, -0.05) is 11.6 Å². The van der Waals surface area contributed by atoms with Crippen LogP contribution in [0, 0.1) is 0 Å². The lowest BCUT2D eigenvalue weighted by molar-refractivity contribution is 0.102. The summed E-state index contributed by atoms with van der Waals surface area (Å²) >= 11 is 6.25. The van der Waals surface area contributed by atoms with Crippen LogP contribution in [0.4, 0.5) is 5.69 Å². The van der Waals surface area contributed by atoms with Gasteiger partial charge in [-0.3, -0.25) is 9.48 Å². The molecule has 10 heteroatoms. The van der Waals surface area contributed by atoms with E-state index in [1.165, 1.54) is 10.7 Å². The number of aliphatic hydroxyl groups excluding tert-OH is 1. The van der Waals surface area contributed by atoms with Gasteiger partial charge in [0.2, 0.25) is 0 Å². The highest BCUT2D eigenvalue weighted by Gasteiger charge is 2.30. The number of methoxy groups -OCH3 is 1. The Kier molecular flexibility index (Phi) is 5.28. The number of ether oxygens (including phenoxy) is 1. The molecule has 32 heavy (non-hydrogen) atoms. The molecule has 3 aromatic heterocycles. The number of rotatable bonds is 5. The zero-order valence-corrected chi connectivity index (χ0v) is 18.0. The van der Waals surface area contributed by atoms with Crippen LogP contribution in [0.5, 0.6) is 5.75 Å². The number of amides is 1. The van der Waals surface area contributed by atoms with Crippen LogP contribution in [0.1, 0.15) is 35.7 Å². The summed E-state index contributed by atoms with van der Waals surface area (Å²) in [5.74, 6) is 0.201. The van der Waals surface area contributed by atoms with Crippen LogP contribution < -0.4 is 10.1 Å². The molecule has 3 heterocycles. The van der Waals surface area contributed by atoms with E-state index in [0.29, 0.717) is 38.9 Å². The Morgan fingerprint density at radius 3 is 3.00 bits per heavy atom. The fourth-order valence-corrected chi connectivity index (χ4v) is 4.30. The van der Waals surface area contributed by atoms with E-state index in [4.69, 9.17) is 21.4 Å². The summed E-state index contributed by atoms with van der Waals surface area (Å²) < 4.78 is 8.76. The molecule has 0 unspecified atom stereocenters. The predicted octanol–water partition coefficient (Wildman–Crippen LogP) is 3.59. The van der Waals surface area contributed by atoms with E-state index in [1.54, 1.807) is 54.6 Å². The quantitative estimate of drug-likeness (QED) is 0.479. The Bertz CT molecular complexity index is 1300. The molecule has 0 bridgehead atoms. The lowest BCUT2D eigenvalue weighted by Crippen LogP contribution is -2.18. The van der Waals surface area contributed by atoms with Gasteiger partial charge in [-0.25, -0.2) is 9.50 Å². The van der Waals surface area contributed by atoms with E-state index in [2.05, 4.69) is 15.4 Å². The largest absolute Gasteiger partial charge is 0.496 e. The number of nitrogens with one attached hydrogen (secondary N) is 1. The highest BCUT2D eigenvalue weighted by molar-refractivity contribution is 6.31. The van der Waals surface area contributed by atoms with E-state index in [9.17, 15) is 9.90 Å². The summed E-state index contributed by atoms with van der Waals surface area (Å²) in [6, 6.07) is 6.79. The van der Waals surface area contributed by atoms with Gasteiger partial charge >= 0.3 is 0 Å². The zero-order valence-electron chi connectivity index (χ0n) is 17.3. The number of carbonyl (C=O) groups excluding carboxylic acids is 1. The van der Waals surface area contributed by atoms with Crippen molar-refractivity contribution in [3.8, 4) is 17.0 Å². The molecular weight excluding hydrogens is 432 g/mol. The Labute approximate surface area is 188 Å². The van der Waals surface area contributed by atoms with E-state index >= 15 is 0 Å². The lowest BCUT2D eigenvalue weighted by atomic mass is 10.1. The molecular formula is C22H21ClN6O3. The van der Waals surface area contributed by atoms with E-state index in [-0.39, 0.29) is 11.9 Å². The molecule has 0 spiro atoms. The molecule has 1 amide bonds. The minimum absolute atomic E-state index is 0.164. The van der Waals surface area contributed by atoms with E-state index < -0.39 is 6.10 Å². The van der Waals surface area contributed by atoms with Gasteiger partial charge in [-0.2, -0.15) is 10.2 Å². The number of carbonyl (C=O) groups is 1. The van der Waals surface area contributed by atoms with Crippen LogP contribution in [0.25, 0.3) is 16.9 Å². The molecule has 2 N–H and O–H groups in total. The smallest absolute Gasteiger partial charge is 0.261 e. The summed E-state index contributed by atoms with van der Waals surface area (Å²) in [4.78, 5) is 17.4. The average molecular weight is 453 g/mol. The van der Waals surface area contributed by atoms with Crippen molar-refractivity contribution in [2.45, 2.75) is 31.4 Å². The number of nitrogens with zero attached hydrogens (tertiary/aromatic N) is 5. The fourth-order valence-electron chi connectivity index (χ4n) is 4.12. The molecule has 0 radical (unpaired) electrons. The number of anilines is 1. The van der Waals surface area contributed by atoms with Gasteiger partial charge in [0.25, 0.3) is 5.91 Å². The minimum atomic E-state index is -0.489. The van der Waals surface area contributed by atoms with Crippen molar-refractivity contribution >= 4 is 28.8 Å². The first kappa shape index (κ1) is 20.5. The van der Waals surface area contributed by atoms with Crippen LogP contribution >= 0.6 is 11.6 Å². The maximum absolute atomic E-state index is 13.1. The molecule has 1 fully saturated rings. The van der Waals surface area contributed by atoms with Crippen molar-refractivity contribution in [2.75, 3.05) is 12.4 Å². The van der Waals surface area contributed by atoms with Gasteiger partial charge in [0, 0.05) is 29.2 Å². The lowest BCUT2D eigenvalue weighted by Gasteiger charge is -2.14. The second-order valence-electron chi connectivity index (χ2n) is 7.68. The van der Waals surface area contributed by atoms with Crippen molar-refractivity contribution in [3.05, 3.63) is 59.6 Å². The summed E-state index contributed by atoms with van der Waals surface area (Å²) in [5, 5.41) is 22.8. The third kappa shape index (κ3) is 3.59. The molecule has 164 valence electrons. The molecule has 5 rings (SSSR count). The Balaban J connectivity index is 1.58. The van der Waals surface area contributed by atoms with E-state index in [0.717, 1.165) is 19.3 Å². The fraction of sp³-hybridized carbons (Fsp3) is 0.273. The molecule has 4 aromatic rings. The summed E-state index contributed by atoms with van der Waals surface area (Å²) in [7, 11) is 1.56. The van der Waals surface area contributed by atoms with Crippen molar-refractivity contribution in [1.29, 1.82) is 0 Å². The first-order valence-corrected chi connectivity index (χ1v) is 10.6. The molecule has 9 nitrogen and oxygen atoms in total. The molecule has 1 saturated carbocycles. The number of aliphatic hydroxyl groups is 1. The predicted molar refractivity (Wildman–Crippen MR) is 119 cm³/mol. The first-order chi connectivity index (χ1) is 15.5. The summed E-state index contributed by atoms with van der Waals surface area (Å²) in [5.41, 5.74) is 2.40. The summed E-state index contributed by atoms with van der Waals surface area (Å²) in [6.07, 6.45) is 8.50. The second-order valence-corrected chi connectivity index (χ2v) is 8.12. The zero-order chi connectivity index (χ0) is 22.2. The molecule has 1 aliphatic carbocycles. The highest BCUT2D eigenvalue weighted by atomic mass is 35.5. The van der Waals surface area contributed by atoms with Gasteiger partial charge in [0.15, 0.2) is 5.65 Å². The van der Waals surface area contributed by atoms with Crippen LogP contribution in [-0.4, -0.2) is 48.6 Å². The van der Waals surface area contributed by atoms with Crippen LogP contribution in [0.15, 0.2) is 49.1 Å². The monoisotopic (exact) mass is 452 g/mol. The number of hydrogen-bond donors (Lipinski definition) is 2. The van der Waals surface area contributed by atoms with Gasteiger partial charge in [-0.05, 0) is 43.5 Å². The van der Waals surface area contributed by atoms with Crippen LogP contribution in [0.2, 0.25) is 5.02 Å². The number of hydrogen-bond acceptors (Lipinski definition) is 6. The molecule has 0 aliphatic heterocycles. The number of fused-ring (bicyclic) bond motifs is 1. The third-order valence-electron chi connectivity index (χ3n) is 5.70. The SMILES string of the molecule is COc1ccc(Cl)cc1-c1nn([C@H]2CCC[C@@H]2O)cc1NC(=O)c1cnn2cccnc12. The average Bonchev–Trinajstić information content (AvgIpc) is 3.51. The maximum atomic E-state index is 13.1. The number of benzene rings is 1. The Hall–Kier alpha value is -3.43. The molecule has 1 aliphatic rings. The van der Waals surface area contributed by atoms with Crippen LogP contribution in [-0.2, 0) is 0 Å². The molecule has 1 aromatic carbocycles. The van der Waals surface area contributed by atoms with Crippen molar-refractivity contribution in [3.63, 3.8) is 0 Å². The van der Waals surface area contributed by atoms with Crippen molar-refractivity contribution in [1.82, 2.24) is 24.4 Å². The molecule has 2 atom stereocenters. The van der Waals surface area contributed by atoms with Crippen LogP contribution in [0.3, 0.4) is 0 Å². The Morgan fingerprint density at radius 1 is 1.34 bits per heavy atom. The van der Waals surface area contributed by atoms with Crippen molar-refractivity contribution in [2.24, 2.45) is 0 Å². The topological polar surface area (TPSA) is 107 Å². The highest BCUT2D eigenvalue weighted by Crippen LogP contribution is 2.38. The minimum Gasteiger partial charge on any atom is -0.496 e. The van der Waals surface area contributed by atoms with Gasteiger partial charge < -0.3 is 15.2 Å². The number of aromatic nitrogens is 5. The standard InChI is InChI=1S/C22H21ClN6O3/c1-32-19-7-6-13(23)10-14(19)20-16(12-29(27-20)17-4-2-5-18(17)30)26-22(31)15-11-25-28-9-3-8-24-21(15)28/h3,6-12,17-18,30H,2,4-5H2,1H3,(H,26,31)/t17-,18-/m0/s1. The third-order valence-corrected chi connectivity index (χ3v) is 5.94. The molecule has 0 saturated heterocycles. The summed E-state index contributed by atoms with van der Waals surface area (Å²) in [6.45, 7) is 0. The Morgan fingerprint density at radius 2 is 2.22 bits per heavy atom. The second kappa shape index (κ2) is 8.25. The van der Waals surface area contributed by atoms with Crippen molar-refractivity contribution < 1.29 is 14.6 Å². The number of halogens is 1. The maximum Gasteiger partial charge on any atom is 0.261 e.